The lowest BCUT2D eigenvalue weighted by Crippen LogP contribution is -3.13. The van der Waals surface area contributed by atoms with Crippen LogP contribution in [0.4, 0.5) is 4.39 Å². The van der Waals surface area contributed by atoms with E-state index in [0.29, 0.717) is 5.56 Å². The number of hydrogen-bond donors (Lipinski definition) is 1. The van der Waals surface area contributed by atoms with E-state index >= 15 is 0 Å². The monoisotopic (exact) mass is 313 g/mol. The van der Waals surface area contributed by atoms with E-state index in [9.17, 15) is 9.18 Å². The van der Waals surface area contributed by atoms with Crippen LogP contribution in [0.25, 0.3) is 0 Å². The van der Waals surface area contributed by atoms with E-state index in [1.807, 2.05) is 4.90 Å². The van der Waals surface area contributed by atoms with Crippen LogP contribution in [0.1, 0.15) is 21.5 Å². The van der Waals surface area contributed by atoms with Gasteiger partial charge in [-0.25, -0.2) is 4.39 Å². The molecule has 0 unspecified atom stereocenters. The third-order valence-corrected chi connectivity index (χ3v) is 4.40. The number of aryl methyl sites for hydroxylation is 1. The maximum atomic E-state index is 13.3. The van der Waals surface area contributed by atoms with Crippen LogP contribution in [-0.4, -0.2) is 37.0 Å². The lowest BCUT2D eigenvalue weighted by molar-refractivity contribution is -0.917. The smallest absolute Gasteiger partial charge is 0.254 e. The number of carbonyl (C=O) groups excluding carboxylic acids is 1. The Labute approximate surface area is 136 Å². The summed E-state index contributed by atoms with van der Waals surface area (Å²) in [6.45, 7) is 6.37. The zero-order valence-electron chi connectivity index (χ0n) is 13.4. The SMILES string of the molecule is Cc1ccc(C[NH+]2CCN(C(=O)c3cccc(F)c3)CC2)cc1. The van der Waals surface area contributed by atoms with Crippen LogP contribution in [0, 0.1) is 12.7 Å². The molecule has 0 radical (unpaired) electrons. The van der Waals surface area contributed by atoms with Crippen molar-refractivity contribution in [2.75, 3.05) is 26.2 Å². The number of benzene rings is 2. The minimum absolute atomic E-state index is 0.0705. The quantitative estimate of drug-likeness (QED) is 0.916. The van der Waals surface area contributed by atoms with Gasteiger partial charge in [0, 0.05) is 11.1 Å². The lowest BCUT2D eigenvalue weighted by atomic mass is 10.1. The largest absolute Gasteiger partial charge is 0.328 e. The van der Waals surface area contributed by atoms with Gasteiger partial charge in [-0.1, -0.05) is 35.9 Å². The van der Waals surface area contributed by atoms with Gasteiger partial charge in [0.25, 0.3) is 5.91 Å². The van der Waals surface area contributed by atoms with Gasteiger partial charge in [-0.2, -0.15) is 0 Å². The van der Waals surface area contributed by atoms with E-state index in [-0.39, 0.29) is 11.7 Å². The molecule has 0 atom stereocenters. The van der Waals surface area contributed by atoms with Crippen molar-refractivity contribution in [3.05, 3.63) is 71.0 Å². The summed E-state index contributed by atoms with van der Waals surface area (Å²) >= 11 is 0. The summed E-state index contributed by atoms with van der Waals surface area (Å²) in [6.07, 6.45) is 0. The highest BCUT2D eigenvalue weighted by Gasteiger charge is 2.24. The molecule has 120 valence electrons. The third-order valence-electron chi connectivity index (χ3n) is 4.40. The normalized spacial score (nSPS) is 15.7. The second-order valence-corrected chi connectivity index (χ2v) is 6.21. The molecule has 0 saturated carbocycles. The van der Waals surface area contributed by atoms with Gasteiger partial charge < -0.3 is 9.80 Å². The van der Waals surface area contributed by atoms with Gasteiger partial charge in [-0.15, -0.1) is 0 Å². The average molecular weight is 313 g/mol. The fourth-order valence-corrected chi connectivity index (χ4v) is 3.00. The van der Waals surface area contributed by atoms with Crippen molar-refractivity contribution in [3.63, 3.8) is 0 Å². The molecule has 4 heteroatoms. The maximum absolute atomic E-state index is 13.3. The Bertz CT molecular complexity index is 676. The van der Waals surface area contributed by atoms with Gasteiger partial charge in [0.05, 0.1) is 26.2 Å². The van der Waals surface area contributed by atoms with Crippen molar-refractivity contribution in [3.8, 4) is 0 Å². The Balaban J connectivity index is 1.55. The van der Waals surface area contributed by atoms with Gasteiger partial charge in [0.15, 0.2) is 0 Å². The van der Waals surface area contributed by atoms with Gasteiger partial charge in [-0.05, 0) is 25.1 Å². The molecule has 3 rings (SSSR count). The van der Waals surface area contributed by atoms with E-state index in [2.05, 4.69) is 31.2 Å². The molecule has 2 aromatic rings. The molecule has 3 nitrogen and oxygen atoms in total. The average Bonchev–Trinajstić information content (AvgIpc) is 2.57. The van der Waals surface area contributed by atoms with E-state index < -0.39 is 0 Å². The van der Waals surface area contributed by atoms with E-state index in [1.54, 1.807) is 12.1 Å². The van der Waals surface area contributed by atoms with Crippen LogP contribution < -0.4 is 4.90 Å². The zero-order valence-corrected chi connectivity index (χ0v) is 13.4. The molecular weight excluding hydrogens is 291 g/mol. The number of amides is 1. The maximum Gasteiger partial charge on any atom is 0.254 e. The molecule has 0 bridgehead atoms. The molecule has 1 N–H and O–H groups in total. The van der Waals surface area contributed by atoms with Gasteiger partial charge in [0.2, 0.25) is 0 Å². The second-order valence-electron chi connectivity index (χ2n) is 6.21. The molecule has 2 aromatic carbocycles. The summed E-state index contributed by atoms with van der Waals surface area (Å²) in [5.41, 5.74) is 3.04. The Hall–Kier alpha value is -2.20. The molecule has 1 amide bonds. The number of nitrogens with one attached hydrogen (secondary N) is 1. The second kappa shape index (κ2) is 6.92. The molecule has 0 aromatic heterocycles. The zero-order chi connectivity index (χ0) is 16.2. The van der Waals surface area contributed by atoms with E-state index in [0.717, 1.165) is 32.7 Å². The molecule has 1 saturated heterocycles. The Morgan fingerprint density at radius 3 is 2.48 bits per heavy atom. The number of quaternary nitrogens is 1. The molecule has 1 heterocycles. The first-order chi connectivity index (χ1) is 11.1. The summed E-state index contributed by atoms with van der Waals surface area (Å²) in [7, 11) is 0. The van der Waals surface area contributed by atoms with Crippen molar-refractivity contribution in [1.82, 2.24) is 4.90 Å². The molecule has 0 spiro atoms. The van der Waals surface area contributed by atoms with Crippen molar-refractivity contribution in [1.29, 1.82) is 0 Å². The van der Waals surface area contributed by atoms with Crippen LogP contribution >= 0.6 is 0 Å². The Kier molecular flexibility index (Phi) is 4.72. The minimum atomic E-state index is -0.362. The number of nitrogens with zero attached hydrogens (tertiary/aromatic N) is 1. The summed E-state index contributed by atoms with van der Waals surface area (Å²) in [6, 6.07) is 14.6. The van der Waals surface area contributed by atoms with Crippen molar-refractivity contribution >= 4 is 5.91 Å². The molecule has 0 aliphatic carbocycles. The van der Waals surface area contributed by atoms with Gasteiger partial charge in [0.1, 0.15) is 12.4 Å². The standard InChI is InChI=1S/C19H21FN2O/c1-15-5-7-16(8-6-15)14-21-9-11-22(12-10-21)19(23)17-3-2-4-18(20)13-17/h2-8,13H,9-12,14H2,1H3/p+1. The third kappa shape index (κ3) is 3.96. The van der Waals surface area contributed by atoms with Crippen LogP contribution in [0.15, 0.2) is 48.5 Å². The number of rotatable bonds is 3. The van der Waals surface area contributed by atoms with Crippen LogP contribution in [-0.2, 0) is 6.54 Å². The summed E-state index contributed by atoms with van der Waals surface area (Å²) < 4.78 is 13.3. The first-order valence-electron chi connectivity index (χ1n) is 8.06. The summed E-state index contributed by atoms with van der Waals surface area (Å²) in [5.74, 6) is -0.432. The van der Waals surface area contributed by atoms with Crippen molar-refractivity contribution < 1.29 is 14.1 Å². The van der Waals surface area contributed by atoms with E-state index in [4.69, 9.17) is 0 Å². The number of hydrogen-bond acceptors (Lipinski definition) is 1. The fraction of sp³-hybridized carbons (Fsp3) is 0.316. The van der Waals surface area contributed by atoms with E-state index in [1.165, 1.54) is 28.2 Å². The lowest BCUT2D eigenvalue weighted by Gasteiger charge is -2.32. The van der Waals surface area contributed by atoms with Crippen LogP contribution in [0.5, 0.6) is 0 Å². The summed E-state index contributed by atoms with van der Waals surface area (Å²) in [5, 5.41) is 0. The van der Waals surface area contributed by atoms with Crippen LogP contribution in [0.3, 0.4) is 0 Å². The fourth-order valence-electron chi connectivity index (χ4n) is 3.00. The molecule has 1 fully saturated rings. The first kappa shape index (κ1) is 15.7. The topological polar surface area (TPSA) is 24.8 Å². The molecule has 1 aliphatic heterocycles. The predicted molar refractivity (Wildman–Crippen MR) is 87.9 cm³/mol. The molecular formula is C19H22FN2O+. The highest BCUT2D eigenvalue weighted by atomic mass is 19.1. The van der Waals surface area contributed by atoms with Crippen molar-refractivity contribution in [2.24, 2.45) is 0 Å². The first-order valence-corrected chi connectivity index (χ1v) is 8.06. The highest BCUT2D eigenvalue weighted by molar-refractivity contribution is 5.94. The van der Waals surface area contributed by atoms with Gasteiger partial charge >= 0.3 is 0 Å². The van der Waals surface area contributed by atoms with Gasteiger partial charge in [-0.3, -0.25) is 4.79 Å². The van der Waals surface area contributed by atoms with Crippen molar-refractivity contribution in [2.45, 2.75) is 13.5 Å². The minimum Gasteiger partial charge on any atom is -0.328 e. The number of carbonyl (C=O) groups is 1. The van der Waals surface area contributed by atoms with Crippen LogP contribution in [0.2, 0.25) is 0 Å². The molecule has 1 aliphatic rings. The predicted octanol–water partition coefficient (Wildman–Crippen LogP) is 1.68. The Morgan fingerprint density at radius 1 is 1.13 bits per heavy atom. The number of halogens is 1. The Morgan fingerprint density at radius 2 is 1.83 bits per heavy atom. The highest BCUT2D eigenvalue weighted by Crippen LogP contribution is 2.08. The summed E-state index contributed by atoms with van der Waals surface area (Å²) in [4.78, 5) is 15.7. The number of piperazine rings is 1. The molecule has 23 heavy (non-hydrogen) atoms.